The van der Waals surface area contributed by atoms with E-state index in [4.69, 9.17) is 21.5 Å². The van der Waals surface area contributed by atoms with Gasteiger partial charge in [0, 0.05) is 0 Å². The van der Waals surface area contributed by atoms with E-state index in [0.717, 1.165) is 0 Å². The van der Waals surface area contributed by atoms with E-state index in [1.807, 2.05) is 6.07 Å². The van der Waals surface area contributed by atoms with Crippen molar-refractivity contribution in [2.24, 2.45) is 0 Å². The van der Waals surface area contributed by atoms with Crippen LogP contribution in [0.1, 0.15) is 11.8 Å². The molecule has 0 aliphatic carbocycles. The van der Waals surface area contributed by atoms with Gasteiger partial charge in [0.05, 0.1) is 12.3 Å². The fraction of sp³-hybridized carbons (Fsp3) is 0.167. The number of nitrogens with one attached hydrogen (secondary N) is 1. The Morgan fingerprint density at radius 2 is 2.60 bits per heavy atom. The van der Waals surface area contributed by atoms with Gasteiger partial charge in [-0.05, 0) is 23.9 Å². The van der Waals surface area contributed by atoms with E-state index in [2.05, 4.69) is 4.84 Å². The highest BCUT2D eigenvalue weighted by molar-refractivity contribution is 6.13. The second-order valence-corrected chi connectivity index (χ2v) is 1.90. The maximum absolute atomic E-state index is 8.44. The molecule has 0 bridgehead atoms. The molecular weight excluding hydrogens is 152 g/mol. The Kier molecular flexibility index (Phi) is 2.32. The molecule has 1 unspecified atom stereocenters. The lowest BCUT2D eigenvalue weighted by Crippen LogP contribution is -2.06. The van der Waals surface area contributed by atoms with Crippen molar-refractivity contribution in [1.82, 2.24) is 4.84 Å². The van der Waals surface area contributed by atoms with Crippen molar-refractivity contribution in [2.75, 3.05) is 0 Å². The molecular formula is C6H5ClN2O. The van der Waals surface area contributed by atoms with Crippen LogP contribution in [0.15, 0.2) is 22.8 Å². The van der Waals surface area contributed by atoms with Crippen molar-refractivity contribution in [2.45, 2.75) is 6.04 Å². The molecule has 0 radical (unpaired) electrons. The minimum atomic E-state index is -0.559. The van der Waals surface area contributed by atoms with Gasteiger partial charge in [0.15, 0.2) is 6.04 Å². The van der Waals surface area contributed by atoms with E-state index in [9.17, 15) is 0 Å². The van der Waals surface area contributed by atoms with Gasteiger partial charge in [-0.3, -0.25) is 0 Å². The number of rotatable bonds is 2. The highest BCUT2D eigenvalue weighted by atomic mass is 35.5. The fourth-order valence-electron chi connectivity index (χ4n) is 0.597. The molecule has 0 fully saturated rings. The van der Waals surface area contributed by atoms with Crippen LogP contribution in [-0.4, -0.2) is 0 Å². The Hall–Kier alpha value is -0.980. The minimum absolute atomic E-state index is 0.525. The maximum atomic E-state index is 8.44. The van der Waals surface area contributed by atoms with Crippen LogP contribution in [0.4, 0.5) is 0 Å². The van der Waals surface area contributed by atoms with Crippen molar-refractivity contribution in [1.29, 1.82) is 5.26 Å². The van der Waals surface area contributed by atoms with Crippen LogP contribution in [0.3, 0.4) is 0 Å². The van der Waals surface area contributed by atoms with Gasteiger partial charge in [-0.25, -0.2) is 4.84 Å². The maximum Gasteiger partial charge on any atom is 0.167 e. The van der Waals surface area contributed by atoms with Crippen LogP contribution >= 0.6 is 11.8 Å². The molecule has 1 aromatic rings. The minimum Gasteiger partial charge on any atom is -0.466 e. The summed E-state index contributed by atoms with van der Waals surface area (Å²) in [4.78, 5) is 2.27. The Balaban J connectivity index is 2.76. The molecule has 0 aliphatic heterocycles. The first-order valence-electron chi connectivity index (χ1n) is 2.67. The Bertz CT molecular complexity index is 226. The van der Waals surface area contributed by atoms with E-state index in [1.54, 1.807) is 12.1 Å². The third kappa shape index (κ3) is 1.29. The zero-order chi connectivity index (χ0) is 7.40. The number of furan rings is 1. The van der Waals surface area contributed by atoms with Crippen LogP contribution < -0.4 is 4.84 Å². The molecule has 4 heteroatoms. The predicted molar refractivity (Wildman–Crippen MR) is 36.1 cm³/mol. The van der Waals surface area contributed by atoms with E-state index in [0.29, 0.717) is 5.76 Å². The largest absolute Gasteiger partial charge is 0.466 e. The normalized spacial score (nSPS) is 12.4. The molecule has 0 saturated heterocycles. The Morgan fingerprint density at radius 3 is 3.00 bits per heavy atom. The van der Waals surface area contributed by atoms with Gasteiger partial charge in [0.2, 0.25) is 0 Å². The molecule has 1 heterocycles. The first kappa shape index (κ1) is 7.13. The Morgan fingerprint density at radius 1 is 1.80 bits per heavy atom. The van der Waals surface area contributed by atoms with E-state index < -0.39 is 6.04 Å². The second-order valence-electron chi connectivity index (χ2n) is 1.69. The molecule has 1 atom stereocenters. The quantitative estimate of drug-likeness (QED) is 0.662. The third-order valence-electron chi connectivity index (χ3n) is 1.07. The van der Waals surface area contributed by atoms with E-state index >= 15 is 0 Å². The first-order chi connectivity index (χ1) is 4.88. The molecule has 0 spiro atoms. The van der Waals surface area contributed by atoms with Crippen LogP contribution in [0.5, 0.6) is 0 Å². The molecule has 3 nitrogen and oxygen atoms in total. The number of nitrogens with zero attached hydrogens (tertiary/aromatic N) is 1. The average molecular weight is 157 g/mol. The zero-order valence-corrected chi connectivity index (χ0v) is 5.80. The summed E-state index contributed by atoms with van der Waals surface area (Å²) >= 11 is 5.23. The monoisotopic (exact) mass is 156 g/mol. The molecule has 0 aromatic carbocycles. The molecule has 1 rings (SSSR count). The standard InChI is InChI=1S/C6H5ClN2O/c7-9-5(4-8)6-2-1-3-10-6/h1-3,5,9H. The van der Waals surface area contributed by atoms with Crippen molar-refractivity contribution in [3.05, 3.63) is 24.2 Å². The van der Waals surface area contributed by atoms with Crippen molar-refractivity contribution >= 4 is 11.8 Å². The summed E-state index contributed by atoms with van der Waals surface area (Å²) in [6.45, 7) is 0. The highest BCUT2D eigenvalue weighted by Gasteiger charge is 2.09. The summed E-state index contributed by atoms with van der Waals surface area (Å²) < 4.78 is 4.91. The molecule has 1 N–H and O–H groups in total. The zero-order valence-electron chi connectivity index (χ0n) is 5.04. The summed E-state index contributed by atoms with van der Waals surface area (Å²) in [6.07, 6.45) is 1.49. The molecule has 0 saturated carbocycles. The number of hydrogen-bond acceptors (Lipinski definition) is 3. The van der Waals surface area contributed by atoms with Gasteiger partial charge in [-0.2, -0.15) is 5.26 Å². The van der Waals surface area contributed by atoms with Gasteiger partial charge >= 0.3 is 0 Å². The van der Waals surface area contributed by atoms with Crippen molar-refractivity contribution in [3.8, 4) is 6.07 Å². The Labute approximate surface area is 63.3 Å². The predicted octanol–water partition coefficient (Wildman–Crippen LogP) is 1.59. The first-order valence-corrected chi connectivity index (χ1v) is 3.05. The number of hydrogen-bond donors (Lipinski definition) is 1. The topological polar surface area (TPSA) is 49.0 Å². The lowest BCUT2D eigenvalue weighted by molar-refractivity contribution is 0.487. The lowest BCUT2D eigenvalue weighted by atomic mass is 10.3. The number of halogens is 1. The number of nitriles is 1. The summed E-state index contributed by atoms with van der Waals surface area (Å²) in [5, 5.41) is 8.44. The second kappa shape index (κ2) is 3.25. The summed E-state index contributed by atoms with van der Waals surface area (Å²) in [7, 11) is 0. The van der Waals surface area contributed by atoms with Crippen LogP contribution in [0.25, 0.3) is 0 Å². The fourth-order valence-corrected chi connectivity index (χ4v) is 0.754. The lowest BCUT2D eigenvalue weighted by Gasteiger charge is -1.98. The van der Waals surface area contributed by atoms with E-state index in [-0.39, 0.29) is 0 Å². The van der Waals surface area contributed by atoms with Gasteiger partial charge in [-0.15, -0.1) is 0 Å². The highest BCUT2D eigenvalue weighted by Crippen LogP contribution is 2.11. The SMILES string of the molecule is N#CC(NCl)c1ccco1. The van der Waals surface area contributed by atoms with Gasteiger partial charge in [0.25, 0.3) is 0 Å². The summed E-state index contributed by atoms with van der Waals surface area (Å²) in [5.41, 5.74) is 0. The average Bonchev–Trinajstić information content (AvgIpc) is 2.43. The van der Waals surface area contributed by atoms with Gasteiger partial charge in [-0.1, -0.05) is 0 Å². The van der Waals surface area contributed by atoms with Crippen molar-refractivity contribution in [3.63, 3.8) is 0 Å². The van der Waals surface area contributed by atoms with Crippen LogP contribution in [0, 0.1) is 11.3 Å². The van der Waals surface area contributed by atoms with Gasteiger partial charge < -0.3 is 4.42 Å². The molecule has 0 amide bonds. The smallest absolute Gasteiger partial charge is 0.167 e. The van der Waals surface area contributed by atoms with Crippen molar-refractivity contribution < 1.29 is 4.42 Å². The molecule has 1 aromatic heterocycles. The molecule has 10 heavy (non-hydrogen) atoms. The molecule has 52 valence electrons. The molecule has 0 aliphatic rings. The summed E-state index contributed by atoms with van der Waals surface area (Å²) in [6, 6.07) is 4.74. The van der Waals surface area contributed by atoms with Crippen LogP contribution in [0.2, 0.25) is 0 Å². The van der Waals surface area contributed by atoms with Gasteiger partial charge in [0.1, 0.15) is 5.76 Å². The van der Waals surface area contributed by atoms with E-state index in [1.165, 1.54) is 6.26 Å². The van der Waals surface area contributed by atoms with Crippen LogP contribution in [-0.2, 0) is 0 Å². The summed E-state index contributed by atoms with van der Waals surface area (Å²) in [5.74, 6) is 0.525. The third-order valence-corrected chi connectivity index (χ3v) is 1.28.